The molecule has 5 nitrogen and oxygen atoms in total. The normalized spacial score (nSPS) is 18.5. The fourth-order valence-electron chi connectivity index (χ4n) is 1.97. The van der Waals surface area contributed by atoms with Gasteiger partial charge in [-0.1, -0.05) is 30.3 Å². The van der Waals surface area contributed by atoms with Gasteiger partial charge in [0, 0.05) is 13.1 Å². The van der Waals surface area contributed by atoms with Crippen molar-refractivity contribution in [3.8, 4) is 0 Å². The molecule has 1 fully saturated rings. The third-order valence-electron chi connectivity index (χ3n) is 2.98. The van der Waals surface area contributed by atoms with Crippen LogP contribution in [-0.4, -0.2) is 29.3 Å². The van der Waals surface area contributed by atoms with E-state index in [0.717, 1.165) is 5.56 Å². The Hall–Kier alpha value is -1.88. The van der Waals surface area contributed by atoms with Gasteiger partial charge in [0.2, 0.25) is 11.8 Å². The van der Waals surface area contributed by atoms with Crippen molar-refractivity contribution in [3.05, 3.63) is 35.9 Å². The summed E-state index contributed by atoms with van der Waals surface area (Å²) in [4.78, 5) is 25.0. The van der Waals surface area contributed by atoms with Gasteiger partial charge < -0.3 is 4.90 Å². The molecule has 2 N–H and O–H groups in total. The third kappa shape index (κ3) is 2.87. The van der Waals surface area contributed by atoms with Gasteiger partial charge in [0.25, 0.3) is 0 Å². The molecule has 2 amide bonds. The molecule has 1 atom stereocenters. The lowest BCUT2D eigenvalue weighted by molar-refractivity contribution is -0.134. The maximum absolute atomic E-state index is 12.2. The number of amides is 2. The summed E-state index contributed by atoms with van der Waals surface area (Å²) >= 11 is 0. The van der Waals surface area contributed by atoms with E-state index in [2.05, 4.69) is 10.9 Å². The zero-order valence-electron chi connectivity index (χ0n) is 10.3. The molecule has 2 rings (SSSR count). The van der Waals surface area contributed by atoms with Crippen LogP contribution < -0.4 is 10.9 Å². The fourth-order valence-corrected chi connectivity index (χ4v) is 1.97. The van der Waals surface area contributed by atoms with E-state index >= 15 is 0 Å². The van der Waals surface area contributed by atoms with Crippen molar-refractivity contribution in [1.82, 2.24) is 15.8 Å². The predicted octanol–water partition coefficient (Wildman–Crippen LogP) is 0.428. The molecule has 1 aromatic rings. The molecule has 1 unspecified atom stereocenters. The SMILES string of the molecule is CCN(Cc1ccccc1)C(=O)C1CC(=O)NN1. The summed E-state index contributed by atoms with van der Waals surface area (Å²) in [5.74, 6) is -0.177. The Balaban J connectivity index is 2.00. The molecule has 96 valence electrons. The number of rotatable bonds is 4. The molecule has 0 spiro atoms. The molecular formula is C13H17N3O2. The second-order valence-electron chi connectivity index (χ2n) is 4.29. The lowest BCUT2D eigenvalue weighted by Gasteiger charge is -2.23. The molecule has 1 aliphatic heterocycles. The zero-order valence-corrected chi connectivity index (χ0v) is 10.3. The quantitative estimate of drug-likeness (QED) is 0.811. The molecule has 1 heterocycles. The number of nitrogens with one attached hydrogen (secondary N) is 2. The third-order valence-corrected chi connectivity index (χ3v) is 2.98. The lowest BCUT2D eigenvalue weighted by atomic mass is 10.1. The summed E-state index contributed by atoms with van der Waals surface area (Å²) in [6, 6.07) is 9.38. The van der Waals surface area contributed by atoms with E-state index in [1.54, 1.807) is 4.90 Å². The minimum atomic E-state index is -0.443. The van der Waals surface area contributed by atoms with Gasteiger partial charge in [0.15, 0.2) is 0 Å². The standard InChI is InChI=1S/C13H17N3O2/c1-2-16(9-10-6-4-3-5-7-10)13(18)11-8-12(17)15-14-11/h3-7,11,14H,2,8-9H2,1H3,(H,15,17). The zero-order chi connectivity index (χ0) is 13.0. The van der Waals surface area contributed by atoms with E-state index in [0.29, 0.717) is 13.1 Å². The van der Waals surface area contributed by atoms with Gasteiger partial charge in [-0.25, -0.2) is 5.43 Å². The average molecular weight is 247 g/mol. The monoisotopic (exact) mass is 247 g/mol. The summed E-state index contributed by atoms with van der Waals surface area (Å²) < 4.78 is 0. The van der Waals surface area contributed by atoms with Gasteiger partial charge in [-0.3, -0.25) is 15.0 Å². The van der Waals surface area contributed by atoms with E-state index < -0.39 is 6.04 Å². The molecule has 18 heavy (non-hydrogen) atoms. The fraction of sp³-hybridized carbons (Fsp3) is 0.385. The van der Waals surface area contributed by atoms with Gasteiger partial charge in [0.05, 0.1) is 6.42 Å². The van der Waals surface area contributed by atoms with Gasteiger partial charge in [0.1, 0.15) is 6.04 Å². The molecule has 1 aromatic carbocycles. The Kier molecular flexibility index (Phi) is 3.94. The molecule has 5 heteroatoms. The molecule has 1 aliphatic rings. The highest BCUT2D eigenvalue weighted by molar-refractivity contribution is 5.90. The van der Waals surface area contributed by atoms with Crippen molar-refractivity contribution >= 4 is 11.8 Å². The van der Waals surface area contributed by atoms with Crippen LogP contribution in [0.2, 0.25) is 0 Å². The van der Waals surface area contributed by atoms with Crippen LogP contribution in [0, 0.1) is 0 Å². The maximum Gasteiger partial charge on any atom is 0.242 e. The predicted molar refractivity (Wildman–Crippen MR) is 67.2 cm³/mol. The molecule has 1 saturated heterocycles. The number of nitrogens with zero attached hydrogens (tertiary/aromatic N) is 1. The number of hydrazine groups is 1. The molecule has 0 saturated carbocycles. The lowest BCUT2D eigenvalue weighted by Crippen LogP contribution is -2.45. The molecule has 0 aromatic heterocycles. The van der Waals surface area contributed by atoms with Gasteiger partial charge in [-0.05, 0) is 12.5 Å². The first-order chi connectivity index (χ1) is 8.70. The van der Waals surface area contributed by atoms with E-state index in [-0.39, 0.29) is 18.2 Å². The number of hydrogen-bond donors (Lipinski definition) is 2. The van der Waals surface area contributed by atoms with Crippen LogP contribution in [-0.2, 0) is 16.1 Å². The Morgan fingerprint density at radius 2 is 2.11 bits per heavy atom. The first-order valence-electron chi connectivity index (χ1n) is 6.07. The highest BCUT2D eigenvalue weighted by Crippen LogP contribution is 2.09. The highest BCUT2D eigenvalue weighted by atomic mass is 16.2. The Labute approximate surface area is 106 Å². The molecule has 0 aliphatic carbocycles. The number of carbonyl (C=O) groups excluding carboxylic acids is 2. The van der Waals surface area contributed by atoms with Crippen molar-refractivity contribution in [2.75, 3.05) is 6.54 Å². The summed E-state index contributed by atoms with van der Waals surface area (Å²) in [7, 11) is 0. The van der Waals surface area contributed by atoms with Crippen LogP contribution in [0.3, 0.4) is 0 Å². The Morgan fingerprint density at radius 1 is 1.39 bits per heavy atom. The van der Waals surface area contributed by atoms with Crippen LogP contribution in [0.15, 0.2) is 30.3 Å². The molecular weight excluding hydrogens is 230 g/mol. The van der Waals surface area contributed by atoms with Crippen molar-refractivity contribution < 1.29 is 9.59 Å². The summed E-state index contributed by atoms with van der Waals surface area (Å²) in [5.41, 5.74) is 6.26. The second-order valence-corrected chi connectivity index (χ2v) is 4.29. The van der Waals surface area contributed by atoms with Gasteiger partial charge in [-0.15, -0.1) is 0 Å². The largest absolute Gasteiger partial charge is 0.337 e. The van der Waals surface area contributed by atoms with Crippen LogP contribution in [0.1, 0.15) is 18.9 Å². The van der Waals surface area contributed by atoms with Gasteiger partial charge in [-0.2, -0.15) is 0 Å². The first-order valence-corrected chi connectivity index (χ1v) is 6.07. The van der Waals surface area contributed by atoms with Crippen molar-refractivity contribution in [3.63, 3.8) is 0 Å². The summed E-state index contributed by atoms with van der Waals surface area (Å²) in [5, 5.41) is 0. The molecule has 0 bridgehead atoms. The van der Waals surface area contributed by atoms with Crippen LogP contribution in [0.5, 0.6) is 0 Å². The summed E-state index contributed by atoms with van der Waals surface area (Å²) in [6.07, 6.45) is 0.212. The Morgan fingerprint density at radius 3 is 2.67 bits per heavy atom. The van der Waals surface area contributed by atoms with Crippen LogP contribution >= 0.6 is 0 Å². The minimum Gasteiger partial charge on any atom is -0.337 e. The first kappa shape index (κ1) is 12.6. The van der Waals surface area contributed by atoms with Crippen LogP contribution in [0.4, 0.5) is 0 Å². The number of likely N-dealkylation sites (N-methyl/N-ethyl adjacent to an activating group) is 1. The van der Waals surface area contributed by atoms with E-state index in [1.807, 2.05) is 37.3 Å². The van der Waals surface area contributed by atoms with E-state index in [4.69, 9.17) is 0 Å². The van der Waals surface area contributed by atoms with Gasteiger partial charge >= 0.3 is 0 Å². The minimum absolute atomic E-state index is 0.0419. The number of benzene rings is 1. The topological polar surface area (TPSA) is 61.4 Å². The summed E-state index contributed by atoms with van der Waals surface area (Å²) in [6.45, 7) is 3.13. The van der Waals surface area contributed by atoms with E-state index in [9.17, 15) is 9.59 Å². The van der Waals surface area contributed by atoms with Crippen molar-refractivity contribution in [1.29, 1.82) is 0 Å². The maximum atomic E-state index is 12.2. The van der Waals surface area contributed by atoms with Crippen LogP contribution in [0.25, 0.3) is 0 Å². The molecule has 0 radical (unpaired) electrons. The van der Waals surface area contributed by atoms with Crippen molar-refractivity contribution in [2.45, 2.75) is 25.9 Å². The van der Waals surface area contributed by atoms with E-state index in [1.165, 1.54) is 0 Å². The average Bonchev–Trinajstić information content (AvgIpc) is 2.83. The number of hydrogen-bond acceptors (Lipinski definition) is 3. The second kappa shape index (κ2) is 5.64. The number of carbonyl (C=O) groups is 2. The van der Waals surface area contributed by atoms with Crippen molar-refractivity contribution in [2.24, 2.45) is 0 Å². The Bertz CT molecular complexity index is 433. The smallest absolute Gasteiger partial charge is 0.242 e. The highest BCUT2D eigenvalue weighted by Gasteiger charge is 2.30.